The van der Waals surface area contributed by atoms with Crippen molar-refractivity contribution in [3.05, 3.63) is 42.3 Å². The number of anilines is 1. The molecule has 1 aliphatic carbocycles. The number of amides is 1. The topological polar surface area (TPSA) is 58.1 Å². The number of rotatable bonds is 4. The van der Waals surface area contributed by atoms with Crippen LogP contribution < -0.4 is 10.2 Å². The van der Waals surface area contributed by atoms with Gasteiger partial charge in [-0.15, -0.1) is 0 Å². The lowest BCUT2D eigenvalue weighted by Crippen LogP contribution is -2.46. The highest BCUT2D eigenvalue weighted by Gasteiger charge is 2.28. The van der Waals surface area contributed by atoms with Gasteiger partial charge in [0.1, 0.15) is 11.6 Å². The lowest BCUT2D eigenvalue weighted by atomic mass is 9.96. The van der Waals surface area contributed by atoms with Crippen molar-refractivity contribution in [2.45, 2.75) is 57.4 Å². The summed E-state index contributed by atoms with van der Waals surface area (Å²) < 4.78 is 13.2. The molecule has 2 heterocycles. The molecule has 1 amide bonds. The molecule has 1 N–H and O–H groups in total. The molecule has 0 spiro atoms. The van der Waals surface area contributed by atoms with Crippen molar-refractivity contribution < 1.29 is 9.18 Å². The van der Waals surface area contributed by atoms with E-state index in [-0.39, 0.29) is 17.6 Å². The van der Waals surface area contributed by atoms with Gasteiger partial charge in [0.2, 0.25) is 5.91 Å². The van der Waals surface area contributed by atoms with E-state index >= 15 is 0 Å². The van der Waals surface area contributed by atoms with Crippen LogP contribution in [-0.4, -0.2) is 35.0 Å². The SMILES string of the molecule is O=C(NC1CCCCCC1)C1CCCN(c2ccnc(-c3ccc(F)cc3)n2)C1. The normalized spacial score (nSPS) is 20.9. The van der Waals surface area contributed by atoms with Crippen LogP contribution in [0.15, 0.2) is 36.5 Å². The Balaban J connectivity index is 1.42. The van der Waals surface area contributed by atoms with E-state index in [1.807, 2.05) is 6.07 Å². The van der Waals surface area contributed by atoms with Crippen molar-refractivity contribution in [3.63, 3.8) is 0 Å². The summed E-state index contributed by atoms with van der Waals surface area (Å²) in [4.78, 5) is 24.1. The average Bonchev–Trinajstić information content (AvgIpc) is 3.03. The van der Waals surface area contributed by atoms with E-state index in [9.17, 15) is 9.18 Å². The van der Waals surface area contributed by atoms with Gasteiger partial charge in [0.05, 0.1) is 5.92 Å². The number of hydrogen-bond acceptors (Lipinski definition) is 4. The first-order valence-corrected chi connectivity index (χ1v) is 10.8. The minimum absolute atomic E-state index is 0.00348. The summed E-state index contributed by atoms with van der Waals surface area (Å²) in [5.41, 5.74) is 0.785. The Morgan fingerprint density at radius 2 is 1.76 bits per heavy atom. The van der Waals surface area contributed by atoms with E-state index in [2.05, 4.69) is 20.2 Å². The zero-order valence-electron chi connectivity index (χ0n) is 16.8. The Kier molecular flexibility index (Phi) is 6.37. The van der Waals surface area contributed by atoms with Crippen molar-refractivity contribution in [1.82, 2.24) is 15.3 Å². The molecule has 0 bridgehead atoms. The van der Waals surface area contributed by atoms with Gasteiger partial charge in [-0.25, -0.2) is 14.4 Å². The van der Waals surface area contributed by atoms with Crippen molar-refractivity contribution in [2.24, 2.45) is 5.92 Å². The monoisotopic (exact) mass is 396 g/mol. The van der Waals surface area contributed by atoms with Crippen LogP contribution in [0.2, 0.25) is 0 Å². The second-order valence-electron chi connectivity index (χ2n) is 8.23. The number of aromatic nitrogens is 2. The van der Waals surface area contributed by atoms with Crippen LogP contribution in [0.1, 0.15) is 51.4 Å². The average molecular weight is 397 g/mol. The van der Waals surface area contributed by atoms with Gasteiger partial charge in [-0.1, -0.05) is 25.7 Å². The lowest BCUT2D eigenvalue weighted by Gasteiger charge is -2.33. The van der Waals surface area contributed by atoms with E-state index in [0.29, 0.717) is 18.4 Å². The predicted octanol–water partition coefficient (Wildman–Crippen LogP) is 4.34. The highest BCUT2D eigenvalue weighted by molar-refractivity contribution is 5.80. The minimum Gasteiger partial charge on any atom is -0.356 e. The molecular formula is C23H29FN4O. The standard InChI is InChI=1S/C23H29FN4O/c24-19-11-9-17(10-12-19)22-25-14-13-21(27-22)28-15-5-6-18(16-28)23(29)26-20-7-3-1-2-4-8-20/h9-14,18,20H,1-8,15-16H2,(H,26,29). The fourth-order valence-corrected chi connectivity index (χ4v) is 4.41. The van der Waals surface area contributed by atoms with E-state index in [1.165, 1.54) is 37.8 Å². The van der Waals surface area contributed by atoms with Gasteiger partial charge in [0, 0.05) is 30.9 Å². The molecule has 1 atom stereocenters. The van der Waals surface area contributed by atoms with Gasteiger partial charge in [0.15, 0.2) is 5.82 Å². The molecule has 0 radical (unpaired) electrons. The molecule has 4 rings (SSSR count). The van der Waals surface area contributed by atoms with Gasteiger partial charge in [-0.3, -0.25) is 4.79 Å². The van der Waals surface area contributed by atoms with Crippen LogP contribution in [0.3, 0.4) is 0 Å². The Labute approximate surface area is 171 Å². The number of hydrogen-bond donors (Lipinski definition) is 1. The molecule has 1 aromatic heterocycles. The van der Waals surface area contributed by atoms with Crippen LogP contribution in [0.4, 0.5) is 10.2 Å². The van der Waals surface area contributed by atoms with Gasteiger partial charge in [0.25, 0.3) is 0 Å². The van der Waals surface area contributed by atoms with Crippen molar-refractivity contribution in [1.29, 1.82) is 0 Å². The smallest absolute Gasteiger partial charge is 0.225 e. The Hall–Kier alpha value is -2.50. The third-order valence-electron chi connectivity index (χ3n) is 6.06. The van der Waals surface area contributed by atoms with E-state index < -0.39 is 0 Å². The summed E-state index contributed by atoms with van der Waals surface area (Å²) in [6, 6.07) is 8.43. The number of halogens is 1. The molecule has 29 heavy (non-hydrogen) atoms. The number of carbonyl (C=O) groups is 1. The first-order chi connectivity index (χ1) is 14.2. The Morgan fingerprint density at radius 3 is 2.52 bits per heavy atom. The quantitative estimate of drug-likeness (QED) is 0.781. The third-order valence-corrected chi connectivity index (χ3v) is 6.06. The molecule has 5 nitrogen and oxygen atoms in total. The zero-order chi connectivity index (χ0) is 20.1. The number of nitrogens with zero attached hydrogens (tertiary/aromatic N) is 3. The van der Waals surface area contributed by atoms with Gasteiger partial charge >= 0.3 is 0 Å². The molecule has 6 heteroatoms. The molecule has 1 saturated heterocycles. The highest BCUT2D eigenvalue weighted by Crippen LogP contribution is 2.25. The highest BCUT2D eigenvalue weighted by atomic mass is 19.1. The first kappa shape index (κ1) is 19.8. The maximum Gasteiger partial charge on any atom is 0.225 e. The van der Waals surface area contributed by atoms with Crippen molar-refractivity contribution >= 4 is 11.7 Å². The largest absolute Gasteiger partial charge is 0.356 e. The van der Waals surface area contributed by atoms with Gasteiger partial charge in [-0.05, 0) is 56.0 Å². The number of benzene rings is 1. The molecule has 154 valence electrons. The fourth-order valence-electron chi connectivity index (χ4n) is 4.41. The zero-order valence-corrected chi connectivity index (χ0v) is 16.8. The molecule has 2 aromatic rings. The Morgan fingerprint density at radius 1 is 1.00 bits per heavy atom. The summed E-state index contributed by atoms with van der Waals surface area (Å²) >= 11 is 0. The van der Waals surface area contributed by atoms with E-state index in [4.69, 9.17) is 0 Å². The third kappa shape index (κ3) is 5.11. The summed E-state index contributed by atoms with van der Waals surface area (Å²) in [5.74, 6) is 1.31. The molecule has 1 aromatic carbocycles. The summed E-state index contributed by atoms with van der Waals surface area (Å²) in [6.07, 6.45) is 10.8. The van der Waals surface area contributed by atoms with Gasteiger partial charge < -0.3 is 10.2 Å². The van der Waals surface area contributed by atoms with E-state index in [1.54, 1.807) is 18.3 Å². The summed E-state index contributed by atoms with van der Waals surface area (Å²) in [7, 11) is 0. The van der Waals surface area contributed by atoms with Crippen LogP contribution in [-0.2, 0) is 4.79 Å². The Bertz CT molecular complexity index is 818. The molecule has 1 unspecified atom stereocenters. The second-order valence-corrected chi connectivity index (χ2v) is 8.23. The maximum absolute atomic E-state index is 13.2. The van der Waals surface area contributed by atoms with Crippen LogP contribution in [0.25, 0.3) is 11.4 Å². The first-order valence-electron chi connectivity index (χ1n) is 10.8. The van der Waals surface area contributed by atoms with Crippen LogP contribution in [0.5, 0.6) is 0 Å². The summed E-state index contributed by atoms with van der Waals surface area (Å²) in [6.45, 7) is 1.56. The van der Waals surface area contributed by atoms with Crippen LogP contribution >= 0.6 is 0 Å². The van der Waals surface area contributed by atoms with Crippen LogP contribution in [0, 0.1) is 11.7 Å². The number of nitrogens with one attached hydrogen (secondary N) is 1. The molecular weight excluding hydrogens is 367 g/mol. The minimum atomic E-state index is -0.275. The molecule has 1 aliphatic heterocycles. The molecule has 2 aliphatic rings. The van der Waals surface area contributed by atoms with Gasteiger partial charge in [-0.2, -0.15) is 0 Å². The predicted molar refractivity (Wildman–Crippen MR) is 112 cm³/mol. The lowest BCUT2D eigenvalue weighted by molar-refractivity contribution is -0.126. The molecule has 2 fully saturated rings. The molecule has 1 saturated carbocycles. The maximum atomic E-state index is 13.2. The summed E-state index contributed by atoms with van der Waals surface area (Å²) in [5, 5.41) is 3.31. The van der Waals surface area contributed by atoms with E-state index in [0.717, 1.165) is 43.6 Å². The number of piperidine rings is 1. The number of carbonyl (C=O) groups excluding carboxylic acids is 1. The second kappa shape index (κ2) is 9.33. The van der Waals surface area contributed by atoms with Crippen molar-refractivity contribution in [3.8, 4) is 11.4 Å². The fraction of sp³-hybridized carbons (Fsp3) is 0.522. The van der Waals surface area contributed by atoms with Crippen molar-refractivity contribution in [2.75, 3.05) is 18.0 Å².